The van der Waals surface area contributed by atoms with E-state index in [1.165, 1.54) is 0 Å². The third-order valence-electron chi connectivity index (χ3n) is 3.06. The maximum absolute atomic E-state index is 12.1. The van der Waals surface area contributed by atoms with Crippen LogP contribution in [0.2, 0.25) is 0 Å². The molecule has 0 radical (unpaired) electrons. The minimum atomic E-state index is -0.123. The number of carbonyl (C=O) groups is 1. The van der Waals surface area contributed by atoms with Gasteiger partial charge < -0.3 is 10.0 Å². The molecule has 1 amide bonds. The van der Waals surface area contributed by atoms with Gasteiger partial charge in [-0.05, 0) is 18.1 Å². The molecule has 86 valence electrons. The number of nitrogens with zero attached hydrogens (tertiary/aromatic N) is 2. The van der Waals surface area contributed by atoms with Gasteiger partial charge in [-0.1, -0.05) is 13.8 Å². The van der Waals surface area contributed by atoms with Crippen LogP contribution in [-0.2, 0) is 6.54 Å². The van der Waals surface area contributed by atoms with Crippen LogP contribution in [0.25, 0.3) is 0 Å². The number of hydrogen-bond donors (Lipinski definition) is 1. The van der Waals surface area contributed by atoms with Gasteiger partial charge in [0.15, 0.2) is 0 Å². The Kier molecular flexibility index (Phi) is 2.92. The summed E-state index contributed by atoms with van der Waals surface area (Å²) in [5.74, 6) is 0.221. The molecule has 1 aromatic rings. The second-order valence-corrected chi connectivity index (χ2v) is 4.42. The van der Waals surface area contributed by atoms with Gasteiger partial charge in [0.25, 0.3) is 5.91 Å². The summed E-state index contributed by atoms with van der Waals surface area (Å²) in [5.41, 5.74) is 1.48. The second kappa shape index (κ2) is 4.22. The van der Waals surface area contributed by atoms with Gasteiger partial charge in [-0.3, -0.25) is 9.78 Å². The van der Waals surface area contributed by atoms with Crippen molar-refractivity contribution in [1.82, 2.24) is 9.88 Å². The van der Waals surface area contributed by atoms with E-state index >= 15 is 0 Å². The van der Waals surface area contributed by atoms with E-state index in [9.17, 15) is 9.90 Å². The van der Waals surface area contributed by atoms with Crippen LogP contribution in [0.5, 0.6) is 0 Å². The van der Waals surface area contributed by atoms with E-state index in [0.717, 1.165) is 5.69 Å². The highest BCUT2D eigenvalue weighted by Gasteiger charge is 2.34. The van der Waals surface area contributed by atoms with Crippen LogP contribution in [-0.4, -0.2) is 33.5 Å². The topological polar surface area (TPSA) is 53.4 Å². The summed E-state index contributed by atoms with van der Waals surface area (Å²) in [6.45, 7) is 4.52. The summed E-state index contributed by atoms with van der Waals surface area (Å²) in [6, 6.07) is 3.44. The highest BCUT2D eigenvalue weighted by atomic mass is 16.3. The number of pyridine rings is 1. The average molecular weight is 220 g/mol. The molecule has 4 nitrogen and oxygen atoms in total. The molecule has 1 aliphatic heterocycles. The average Bonchev–Trinajstić information content (AvgIpc) is 2.58. The predicted molar refractivity (Wildman–Crippen MR) is 59.8 cm³/mol. The molecule has 1 N–H and O–H groups in total. The Hall–Kier alpha value is -1.42. The third kappa shape index (κ3) is 1.69. The molecule has 1 aromatic heterocycles. The van der Waals surface area contributed by atoms with Crippen molar-refractivity contribution in [3.63, 3.8) is 0 Å². The normalized spacial score (nSPS) is 16.8. The van der Waals surface area contributed by atoms with Crippen LogP contribution in [0.1, 0.15) is 29.9 Å². The molecule has 4 heteroatoms. The van der Waals surface area contributed by atoms with Gasteiger partial charge >= 0.3 is 0 Å². The lowest BCUT2D eigenvalue weighted by atomic mass is 10.0. The lowest BCUT2D eigenvalue weighted by Gasteiger charge is -2.28. The molecular formula is C12H16N2O2. The van der Waals surface area contributed by atoms with Gasteiger partial charge in [0.05, 0.1) is 30.5 Å². The molecule has 0 saturated heterocycles. The number of rotatable bonds is 3. The molecule has 0 fully saturated rings. The number of aromatic nitrogens is 1. The van der Waals surface area contributed by atoms with Crippen molar-refractivity contribution in [2.75, 3.05) is 6.61 Å². The van der Waals surface area contributed by atoms with Crippen LogP contribution >= 0.6 is 0 Å². The largest absolute Gasteiger partial charge is 0.394 e. The molecule has 1 unspecified atom stereocenters. The highest BCUT2D eigenvalue weighted by molar-refractivity contribution is 5.97. The maximum atomic E-state index is 12.1. The Bertz CT molecular complexity index is 404. The van der Waals surface area contributed by atoms with Gasteiger partial charge in [-0.25, -0.2) is 0 Å². The lowest BCUT2D eigenvalue weighted by molar-refractivity contribution is 0.0531. The first-order valence-corrected chi connectivity index (χ1v) is 5.51. The van der Waals surface area contributed by atoms with Gasteiger partial charge in [0.1, 0.15) is 0 Å². The first-order chi connectivity index (χ1) is 7.65. The fraction of sp³-hybridized carbons (Fsp3) is 0.500. The molecule has 0 aliphatic carbocycles. The molecule has 1 aliphatic rings. The van der Waals surface area contributed by atoms with Crippen LogP contribution in [0.4, 0.5) is 0 Å². The van der Waals surface area contributed by atoms with Crippen LogP contribution < -0.4 is 0 Å². The molecule has 0 spiro atoms. The van der Waals surface area contributed by atoms with E-state index in [0.29, 0.717) is 12.1 Å². The Morgan fingerprint density at radius 2 is 2.31 bits per heavy atom. The number of aliphatic hydroxyl groups excluding tert-OH is 1. The van der Waals surface area contributed by atoms with E-state index in [-0.39, 0.29) is 24.5 Å². The van der Waals surface area contributed by atoms with Gasteiger partial charge in [0.2, 0.25) is 0 Å². The first kappa shape index (κ1) is 11.1. The summed E-state index contributed by atoms with van der Waals surface area (Å²) >= 11 is 0. The van der Waals surface area contributed by atoms with E-state index in [2.05, 4.69) is 4.98 Å². The first-order valence-electron chi connectivity index (χ1n) is 5.51. The molecule has 0 saturated carbocycles. The minimum absolute atomic E-state index is 0.00258. The zero-order chi connectivity index (χ0) is 11.7. The molecular weight excluding hydrogens is 204 g/mol. The van der Waals surface area contributed by atoms with Gasteiger partial charge in [-0.15, -0.1) is 0 Å². The van der Waals surface area contributed by atoms with Crippen LogP contribution in [0, 0.1) is 5.92 Å². The van der Waals surface area contributed by atoms with E-state index in [4.69, 9.17) is 0 Å². The second-order valence-electron chi connectivity index (χ2n) is 4.42. The van der Waals surface area contributed by atoms with Crippen LogP contribution in [0.3, 0.4) is 0 Å². The molecule has 0 bridgehead atoms. The SMILES string of the molecule is CC(C)C(CO)N1Cc2ncccc2C1=O. The fourth-order valence-corrected chi connectivity index (χ4v) is 2.08. The third-order valence-corrected chi connectivity index (χ3v) is 3.06. The van der Waals surface area contributed by atoms with Crippen molar-refractivity contribution >= 4 is 5.91 Å². The standard InChI is InChI=1S/C12H16N2O2/c1-8(2)11(7-15)14-6-10-9(12(14)16)4-3-5-13-10/h3-5,8,11,15H,6-7H2,1-2H3. The molecule has 2 heterocycles. The summed E-state index contributed by atoms with van der Waals surface area (Å²) < 4.78 is 0. The number of aliphatic hydroxyl groups is 1. The summed E-state index contributed by atoms with van der Waals surface area (Å²) in [5, 5.41) is 9.34. The molecule has 2 rings (SSSR count). The van der Waals surface area contributed by atoms with Crippen molar-refractivity contribution < 1.29 is 9.90 Å². The summed E-state index contributed by atoms with van der Waals surface area (Å²) in [7, 11) is 0. The van der Waals surface area contributed by atoms with E-state index in [1.807, 2.05) is 13.8 Å². The van der Waals surface area contributed by atoms with Crippen molar-refractivity contribution in [3.05, 3.63) is 29.6 Å². The number of hydrogen-bond acceptors (Lipinski definition) is 3. The predicted octanol–water partition coefficient (Wildman–Crippen LogP) is 1.05. The maximum Gasteiger partial charge on any atom is 0.256 e. The van der Waals surface area contributed by atoms with Crippen LogP contribution in [0.15, 0.2) is 18.3 Å². The summed E-state index contributed by atoms with van der Waals surface area (Å²) in [4.78, 5) is 18.0. The lowest BCUT2D eigenvalue weighted by Crippen LogP contribution is -2.41. The van der Waals surface area contributed by atoms with Crippen molar-refractivity contribution in [2.24, 2.45) is 5.92 Å². The summed E-state index contributed by atoms with van der Waals surface area (Å²) in [6.07, 6.45) is 1.69. The number of carbonyl (C=O) groups excluding carboxylic acids is 1. The Labute approximate surface area is 94.9 Å². The zero-order valence-corrected chi connectivity index (χ0v) is 9.55. The van der Waals surface area contributed by atoms with Crippen molar-refractivity contribution in [1.29, 1.82) is 0 Å². The van der Waals surface area contributed by atoms with Gasteiger partial charge in [0, 0.05) is 6.20 Å². The Morgan fingerprint density at radius 1 is 1.56 bits per heavy atom. The molecule has 16 heavy (non-hydrogen) atoms. The van der Waals surface area contributed by atoms with Crippen molar-refractivity contribution in [3.8, 4) is 0 Å². The monoisotopic (exact) mass is 220 g/mol. The number of fused-ring (bicyclic) bond motifs is 1. The zero-order valence-electron chi connectivity index (χ0n) is 9.55. The van der Waals surface area contributed by atoms with E-state index in [1.54, 1.807) is 23.2 Å². The highest BCUT2D eigenvalue weighted by Crippen LogP contribution is 2.25. The smallest absolute Gasteiger partial charge is 0.256 e. The fourth-order valence-electron chi connectivity index (χ4n) is 2.08. The Morgan fingerprint density at radius 3 is 2.88 bits per heavy atom. The van der Waals surface area contributed by atoms with Crippen molar-refractivity contribution in [2.45, 2.75) is 26.4 Å². The quantitative estimate of drug-likeness (QED) is 0.828. The number of amides is 1. The minimum Gasteiger partial charge on any atom is -0.394 e. The Balaban J connectivity index is 2.27. The molecule has 0 aromatic carbocycles. The molecule has 1 atom stereocenters. The van der Waals surface area contributed by atoms with E-state index < -0.39 is 0 Å². The van der Waals surface area contributed by atoms with Gasteiger partial charge in [-0.2, -0.15) is 0 Å².